The SMILES string of the molecule is Nc1nc(N)nc(COC(=O)c2ccccc2Nc2ccccc2)n1. The highest BCUT2D eigenvalue weighted by molar-refractivity contribution is 5.96. The number of esters is 1. The highest BCUT2D eigenvalue weighted by Gasteiger charge is 2.14. The van der Waals surface area contributed by atoms with Gasteiger partial charge in [0.15, 0.2) is 12.4 Å². The van der Waals surface area contributed by atoms with Crippen LogP contribution in [0.15, 0.2) is 54.6 Å². The maximum atomic E-state index is 12.4. The van der Waals surface area contributed by atoms with Gasteiger partial charge in [-0.05, 0) is 24.3 Å². The van der Waals surface area contributed by atoms with Crippen molar-refractivity contribution in [1.29, 1.82) is 0 Å². The molecule has 0 fully saturated rings. The van der Waals surface area contributed by atoms with Gasteiger partial charge in [0.05, 0.1) is 11.3 Å². The van der Waals surface area contributed by atoms with Crippen molar-refractivity contribution in [2.45, 2.75) is 6.61 Å². The molecule has 25 heavy (non-hydrogen) atoms. The Balaban J connectivity index is 1.74. The Morgan fingerprint density at radius 2 is 1.56 bits per heavy atom. The van der Waals surface area contributed by atoms with Gasteiger partial charge >= 0.3 is 5.97 Å². The molecule has 0 aliphatic rings. The molecular weight excluding hydrogens is 320 g/mol. The van der Waals surface area contributed by atoms with Crippen molar-refractivity contribution < 1.29 is 9.53 Å². The van der Waals surface area contributed by atoms with Crippen LogP contribution in [0.5, 0.6) is 0 Å². The molecule has 0 atom stereocenters. The molecule has 0 unspecified atom stereocenters. The second-order valence-corrected chi connectivity index (χ2v) is 5.08. The van der Waals surface area contributed by atoms with Gasteiger partial charge in [0, 0.05) is 5.69 Å². The third-order valence-electron chi connectivity index (χ3n) is 3.25. The first-order chi connectivity index (χ1) is 12.1. The lowest BCUT2D eigenvalue weighted by atomic mass is 10.1. The minimum Gasteiger partial charge on any atom is -0.454 e. The molecule has 0 saturated heterocycles. The van der Waals surface area contributed by atoms with Crippen LogP contribution in [-0.2, 0) is 11.3 Å². The van der Waals surface area contributed by atoms with Crippen LogP contribution in [0, 0.1) is 0 Å². The van der Waals surface area contributed by atoms with Gasteiger partial charge in [-0.15, -0.1) is 0 Å². The molecule has 5 N–H and O–H groups in total. The van der Waals surface area contributed by atoms with E-state index < -0.39 is 5.97 Å². The van der Waals surface area contributed by atoms with E-state index in [9.17, 15) is 4.79 Å². The number of anilines is 4. The third kappa shape index (κ3) is 4.20. The molecule has 8 heteroatoms. The molecule has 8 nitrogen and oxygen atoms in total. The first-order valence-electron chi connectivity index (χ1n) is 7.46. The molecule has 3 rings (SSSR count). The van der Waals surface area contributed by atoms with E-state index in [2.05, 4.69) is 20.3 Å². The summed E-state index contributed by atoms with van der Waals surface area (Å²) in [6.07, 6.45) is 0. The highest BCUT2D eigenvalue weighted by Crippen LogP contribution is 2.21. The van der Waals surface area contributed by atoms with Crippen molar-refractivity contribution in [2.75, 3.05) is 16.8 Å². The van der Waals surface area contributed by atoms with Gasteiger partial charge in [-0.25, -0.2) is 4.79 Å². The Bertz CT molecular complexity index is 865. The summed E-state index contributed by atoms with van der Waals surface area (Å²) in [5, 5.41) is 3.19. The second-order valence-electron chi connectivity index (χ2n) is 5.08. The number of carbonyl (C=O) groups excluding carboxylic acids is 1. The van der Waals surface area contributed by atoms with Crippen LogP contribution in [0.3, 0.4) is 0 Å². The Morgan fingerprint density at radius 1 is 0.920 bits per heavy atom. The number of nitrogen functional groups attached to an aromatic ring is 2. The first-order valence-corrected chi connectivity index (χ1v) is 7.46. The Morgan fingerprint density at radius 3 is 2.28 bits per heavy atom. The van der Waals surface area contributed by atoms with E-state index in [1.807, 2.05) is 36.4 Å². The zero-order chi connectivity index (χ0) is 17.6. The Labute approximate surface area is 143 Å². The summed E-state index contributed by atoms with van der Waals surface area (Å²) in [6, 6.07) is 16.6. The minimum absolute atomic E-state index is 0.0234. The van der Waals surface area contributed by atoms with Crippen LogP contribution >= 0.6 is 0 Å². The molecule has 0 spiro atoms. The van der Waals surface area contributed by atoms with E-state index >= 15 is 0 Å². The fraction of sp³-hybridized carbons (Fsp3) is 0.0588. The van der Waals surface area contributed by atoms with Crippen LogP contribution in [0.1, 0.15) is 16.2 Å². The van der Waals surface area contributed by atoms with Crippen LogP contribution in [0.4, 0.5) is 23.3 Å². The number of nitrogens with one attached hydrogen (secondary N) is 1. The number of nitrogens with zero attached hydrogens (tertiary/aromatic N) is 3. The van der Waals surface area contributed by atoms with Crippen molar-refractivity contribution in [3.8, 4) is 0 Å². The number of benzene rings is 2. The van der Waals surface area contributed by atoms with Crippen molar-refractivity contribution >= 4 is 29.2 Å². The first kappa shape index (κ1) is 16.2. The zero-order valence-electron chi connectivity index (χ0n) is 13.2. The summed E-state index contributed by atoms with van der Waals surface area (Å²) < 4.78 is 5.26. The maximum absolute atomic E-state index is 12.4. The fourth-order valence-corrected chi connectivity index (χ4v) is 2.18. The predicted octanol–water partition coefficient (Wildman–Crippen LogP) is 2.14. The summed E-state index contributed by atoms with van der Waals surface area (Å²) in [5.41, 5.74) is 12.9. The standard InChI is InChI=1S/C17H16N6O2/c18-16-21-14(22-17(19)23-16)10-25-15(24)12-8-4-5-9-13(12)20-11-6-2-1-3-7-11/h1-9,20H,10H2,(H4,18,19,21,22,23). The van der Waals surface area contributed by atoms with Crippen molar-refractivity contribution in [1.82, 2.24) is 15.0 Å². The third-order valence-corrected chi connectivity index (χ3v) is 3.25. The number of hydrogen-bond donors (Lipinski definition) is 3. The predicted molar refractivity (Wildman–Crippen MR) is 93.9 cm³/mol. The number of rotatable bonds is 5. The minimum atomic E-state index is -0.517. The molecule has 0 bridgehead atoms. The molecular formula is C17H16N6O2. The number of ether oxygens (including phenoxy) is 1. The molecule has 1 aromatic heterocycles. The largest absolute Gasteiger partial charge is 0.454 e. The highest BCUT2D eigenvalue weighted by atomic mass is 16.5. The van der Waals surface area contributed by atoms with Crippen LogP contribution in [-0.4, -0.2) is 20.9 Å². The van der Waals surface area contributed by atoms with Gasteiger partial charge in [0.25, 0.3) is 0 Å². The van der Waals surface area contributed by atoms with Crippen LogP contribution < -0.4 is 16.8 Å². The molecule has 0 amide bonds. The van der Waals surface area contributed by atoms with Gasteiger partial charge in [-0.3, -0.25) is 0 Å². The van der Waals surface area contributed by atoms with Crippen molar-refractivity contribution in [3.63, 3.8) is 0 Å². The summed E-state index contributed by atoms with van der Waals surface area (Å²) in [6.45, 7) is -0.157. The molecule has 126 valence electrons. The maximum Gasteiger partial charge on any atom is 0.340 e. The van der Waals surface area contributed by atoms with Crippen molar-refractivity contribution in [3.05, 3.63) is 66.0 Å². The van der Waals surface area contributed by atoms with E-state index in [-0.39, 0.29) is 24.3 Å². The number of para-hydroxylation sites is 2. The lowest BCUT2D eigenvalue weighted by Crippen LogP contribution is -2.12. The van der Waals surface area contributed by atoms with Crippen molar-refractivity contribution in [2.24, 2.45) is 0 Å². The number of carbonyl (C=O) groups is 1. The van der Waals surface area contributed by atoms with E-state index in [1.54, 1.807) is 18.2 Å². The molecule has 0 radical (unpaired) electrons. The Kier molecular flexibility index (Phi) is 4.70. The monoisotopic (exact) mass is 336 g/mol. The van der Waals surface area contributed by atoms with Gasteiger partial charge < -0.3 is 21.5 Å². The second kappa shape index (κ2) is 7.26. The fourth-order valence-electron chi connectivity index (χ4n) is 2.18. The summed E-state index contributed by atoms with van der Waals surface area (Å²) >= 11 is 0. The molecule has 1 heterocycles. The topological polar surface area (TPSA) is 129 Å². The molecule has 2 aromatic carbocycles. The van der Waals surface area contributed by atoms with Gasteiger partial charge in [0.2, 0.25) is 11.9 Å². The summed E-state index contributed by atoms with van der Waals surface area (Å²) in [7, 11) is 0. The Hall–Kier alpha value is -3.68. The number of nitrogens with two attached hydrogens (primary N) is 2. The lowest BCUT2D eigenvalue weighted by Gasteiger charge is -2.11. The average Bonchev–Trinajstić information content (AvgIpc) is 2.60. The molecule has 0 aliphatic carbocycles. The average molecular weight is 336 g/mol. The van der Waals surface area contributed by atoms with E-state index in [4.69, 9.17) is 16.2 Å². The van der Waals surface area contributed by atoms with Gasteiger partial charge in [-0.2, -0.15) is 15.0 Å². The van der Waals surface area contributed by atoms with E-state index in [1.165, 1.54) is 0 Å². The quantitative estimate of drug-likeness (QED) is 0.604. The number of hydrogen-bond acceptors (Lipinski definition) is 8. The zero-order valence-corrected chi connectivity index (χ0v) is 13.2. The van der Waals surface area contributed by atoms with E-state index in [0.717, 1.165) is 5.69 Å². The molecule has 0 aliphatic heterocycles. The van der Waals surface area contributed by atoms with Crippen LogP contribution in [0.2, 0.25) is 0 Å². The molecule has 0 saturated carbocycles. The van der Waals surface area contributed by atoms with Crippen LogP contribution in [0.25, 0.3) is 0 Å². The van der Waals surface area contributed by atoms with Gasteiger partial charge in [-0.1, -0.05) is 30.3 Å². The number of aromatic nitrogens is 3. The lowest BCUT2D eigenvalue weighted by molar-refractivity contribution is 0.0463. The molecule has 3 aromatic rings. The smallest absolute Gasteiger partial charge is 0.340 e. The van der Waals surface area contributed by atoms with E-state index in [0.29, 0.717) is 11.3 Å². The normalized spacial score (nSPS) is 10.2. The summed E-state index contributed by atoms with van der Waals surface area (Å²) in [5.74, 6) is -0.377. The summed E-state index contributed by atoms with van der Waals surface area (Å²) in [4.78, 5) is 23.8. The van der Waals surface area contributed by atoms with Gasteiger partial charge in [0.1, 0.15) is 0 Å².